The Hall–Kier alpha value is -3.52. The Balaban J connectivity index is 1.95. The van der Waals surface area contributed by atoms with Crippen LogP contribution in [0.4, 0.5) is 11.4 Å². The summed E-state index contributed by atoms with van der Waals surface area (Å²) in [6.45, 7) is 14.0. The molecule has 0 bridgehead atoms. The minimum absolute atomic E-state index is 0.0555. The van der Waals surface area contributed by atoms with Crippen molar-refractivity contribution in [2.24, 2.45) is 0 Å². The molecule has 0 unspecified atom stereocenters. The van der Waals surface area contributed by atoms with E-state index in [1.54, 1.807) is 24.3 Å². The zero-order chi connectivity index (χ0) is 23.5. The fourth-order valence-electron chi connectivity index (χ4n) is 4.31. The van der Waals surface area contributed by atoms with Gasteiger partial charge in [0.2, 0.25) is 0 Å². The van der Waals surface area contributed by atoms with Crippen LogP contribution in [0.2, 0.25) is 0 Å². The number of hydrogen-bond donors (Lipinski definition) is 1. The number of aryl methyl sites for hydroxylation is 1. The third-order valence-electron chi connectivity index (χ3n) is 5.75. The molecule has 1 amide bonds. The van der Waals surface area contributed by atoms with Crippen molar-refractivity contribution in [1.29, 1.82) is 5.26 Å². The average molecular weight is 430 g/mol. The summed E-state index contributed by atoms with van der Waals surface area (Å²) in [5.41, 5.74) is 5.97. The molecule has 0 saturated carbocycles. The highest BCUT2D eigenvalue weighted by atomic mass is 16.5. The summed E-state index contributed by atoms with van der Waals surface area (Å²) < 4.78 is 5.48. The second-order valence-corrected chi connectivity index (χ2v) is 8.54. The molecule has 5 heteroatoms. The first-order valence-electron chi connectivity index (χ1n) is 11.0. The van der Waals surface area contributed by atoms with Gasteiger partial charge in [0.05, 0.1) is 12.1 Å². The van der Waals surface area contributed by atoms with Crippen molar-refractivity contribution < 1.29 is 9.53 Å². The molecule has 5 nitrogen and oxygen atoms in total. The SMILES string of the molecule is CCOc1cccc(NC(=O)/C(C#N)=C/c2cc3c(cc2C)N(CC)C(C)(C)C=C3C)c1. The topological polar surface area (TPSA) is 65.4 Å². The van der Waals surface area contributed by atoms with E-state index in [9.17, 15) is 10.1 Å². The molecule has 0 fully saturated rings. The van der Waals surface area contributed by atoms with Crippen molar-refractivity contribution in [1.82, 2.24) is 0 Å². The minimum Gasteiger partial charge on any atom is -0.494 e. The third-order valence-corrected chi connectivity index (χ3v) is 5.75. The highest BCUT2D eigenvalue weighted by Gasteiger charge is 2.30. The summed E-state index contributed by atoms with van der Waals surface area (Å²) in [5, 5.41) is 12.5. The number of nitriles is 1. The second-order valence-electron chi connectivity index (χ2n) is 8.54. The van der Waals surface area contributed by atoms with Crippen LogP contribution in [-0.2, 0) is 4.79 Å². The molecule has 1 heterocycles. The Morgan fingerprint density at radius 2 is 1.97 bits per heavy atom. The van der Waals surface area contributed by atoms with Crippen LogP contribution in [0.15, 0.2) is 48.0 Å². The largest absolute Gasteiger partial charge is 0.494 e. The van der Waals surface area contributed by atoms with Crippen LogP contribution < -0.4 is 15.0 Å². The lowest BCUT2D eigenvalue weighted by Crippen LogP contribution is -2.44. The molecule has 32 heavy (non-hydrogen) atoms. The first-order chi connectivity index (χ1) is 15.2. The maximum Gasteiger partial charge on any atom is 0.266 e. The molecular weight excluding hydrogens is 398 g/mol. The van der Waals surface area contributed by atoms with Crippen LogP contribution in [0.3, 0.4) is 0 Å². The molecule has 1 N–H and O–H groups in total. The Labute approximate surface area is 191 Å². The molecule has 0 atom stereocenters. The molecule has 0 spiro atoms. The Morgan fingerprint density at radius 3 is 2.62 bits per heavy atom. The number of ether oxygens (including phenoxy) is 1. The Morgan fingerprint density at radius 1 is 1.22 bits per heavy atom. The van der Waals surface area contributed by atoms with Gasteiger partial charge in [-0.15, -0.1) is 0 Å². The monoisotopic (exact) mass is 429 g/mol. The van der Waals surface area contributed by atoms with E-state index >= 15 is 0 Å². The number of fused-ring (bicyclic) bond motifs is 1. The number of carbonyl (C=O) groups is 1. The zero-order valence-electron chi connectivity index (χ0n) is 19.7. The van der Waals surface area contributed by atoms with Crippen molar-refractivity contribution in [2.75, 3.05) is 23.4 Å². The number of anilines is 2. The summed E-state index contributed by atoms with van der Waals surface area (Å²) in [7, 11) is 0. The van der Waals surface area contributed by atoms with Crippen LogP contribution in [0.5, 0.6) is 5.75 Å². The van der Waals surface area contributed by atoms with Crippen LogP contribution in [-0.4, -0.2) is 24.6 Å². The quantitative estimate of drug-likeness (QED) is 0.454. The third kappa shape index (κ3) is 4.70. The molecule has 166 valence electrons. The summed E-state index contributed by atoms with van der Waals surface area (Å²) in [5.74, 6) is 0.228. The van der Waals surface area contributed by atoms with Crippen molar-refractivity contribution in [3.05, 3.63) is 64.7 Å². The van der Waals surface area contributed by atoms with Crippen molar-refractivity contribution >= 4 is 28.9 Å². The number of hydrogen-bond acceptors (Lipinski definition) is 4. The first kappa shape index (κ1) is 23.1. The highest BCUT2D eigenvalue weighted by molar-refractivity contribution is 6.10. The second kappa shape index (κ2) is 9.32. The molecule has 3 rings (SSSR count). The van der Waals surface area contributed by atoms with Gasteiger partial charge in [0, 0.05) is 29.5 Å². The molecule has 0 aromatic heterocycles. The van der Waals surface area contributed by atoms with Crippen molar-refractivity contribution in [3.8, 4) is 11.8 Å². The van der Waals surface area contributed by atoms with E-state index in [0.717, 1.165) is 23.2 Å². The maximum absolute atomic E-state index is 12.8. The predicted molar refractivity (Wildman–Crippen MR) is 132 cm³/mol. The van der Waals surface area contributed by atoms with E-state index < -0.39 is 5.91 Å². The van der Waals surface area contributed by atoms with E-state index in [0.29, 0.717) is 18.0 Å². The van der Waals surface area contributed by atoms with Crippen LogP contribution in [0.25, 0.3) is 11.6 Å². The predicted octanol–water partition coefficient (Wildman–Crippen LogP) is 5.96. The van der Waals surface area contributed by atoms with Gasteiger partial charge in [-0.2, -0.15) is 5.26 Å². The first-order valence-corrected chi connectivity index (χ1v) is 11.0. The van der Waals surface area contributed by atoms with Gasteiger partial charge in [0.15, 0.2) is 0 Å². The minimum atomic E-state index is -0.443. The lowest BCUT2D eigenvalue weighted by atomic mass is 9.86. The van der Waals surface area contributed by atoms with Gasteiger partial charge in [0.25, 0.3) is 5.91 Å². The number of amides is 1. The fourth-order valence-corrected chi connectivity index (χ4v) is 4.31. The summed E-state index contributed by atoms with van der Waals surface area (Å²) >= 11 is 0. The molecule has 2 aromatic rings. The van der Waals surface area contributed by atoms with E-state index in [1.165, 1.54) is 11.3 Å². The molecule has 1 aliphatic rings. The van der Waals surface area contributed by atoms with E-state index in [2.05, 4.69) is 62.2 Å². The summed E-state index contributed by atoms with van der Waals surface area (Å²) in [6.07, 6.45) is 3.94. The Kier molecular flexibility index (Phi) is 6.74. The van der Waals surface area contributed by atoms with Gasteiger partial charge >= 0.3 is 0 Å². The lowest BCUT2D eigenvalue weighted by molar-refractivity contribution is -0.112. The molecule has 0 aliphatic carbocycles. The van der Waals surface area contributed by atoms with Gasteiger partial charge < -0.3 is 15.0 Å². The van der Waals surface area contributed by atoms with E-state index in [-0.39, 0.29) is 11.1 Å². The summed E-state index contributed by atoms with van der Waals surface area (Å²) in [6, 6.07) is 13.4. The molecule has 2 aromatic carbocycles. The van der Waals surface area contributed by atoms with Gasteiger partial charge in [-0.3, -0.25) is 4.79 Å². The van der Waals surface area contributed by atoms with Crippen molar-refractivity contribution in [3.63, 3.8) is 0 Å². The van der Waals surface area contributed by atoms with Gasteiger partial charge in [-0.25, -0.2) is 0 Å². The number of allylic oxidation sites excluding steroid dienone is 1. The van der Waals surface area contributed by atoms with Gasteiger partial charge in [0.1, 0.15) is 17.4 Å². The van der Waals surface area contributed by atoms with Crippen LogP contribution in [0.1, 0.15) is 51.3 Å². The van der Waals surface area contributed by atoms with Crippen LogP contribution in [0, 0.1) is 18.3 Å². The molecule has 1 aliphatic heterocycles. The van der Waals surface area contributed by atoms with E-state index in [4.69, 9.17) is 4.74 Å². The smallest absolute Gasteiger partial charge is 0.266 e. The van der Waals surface area contributed by atoms with E-state index in [1.807, 2.05) is 19.9 Å². The van der Waals surface area contributed by atoms with Crippen molar-refractivity contribution in [2.45, 2.75) is 47.1 Å². The normalized spacial score (nSPS) is 14.8. The number of nitrogens with zero attached hydrogens (tertiary/aromatic N) is 2. The standard InChI is InChI=1S/C27H31N3O2/c1-7-30-25-12-18(3)20(14-24(25)19(4)16-27(30,5)6)13-21(17-28)26(31)29-22-10-9-11-23(15-22)32-8-2/h9-16H,7-8H2,1-6H3,(H,29,31)/b21-13+. The number of rotatable bonds is 6. The molecule has 0 radical (unpaired) electrons. The van der Waals surface area contributed by atoms with Gasteiger partial charge in [-0.05, 0) is 88.6 Å². The summed E-state index contributed by atoms with van der Waals surface area (Å²) in [4.78, 5) is 15.2. The zero-order valence-corrected chi connectivity index (χ0v) is 19.7. The fraction of sp³-hybridized carbons (Fsp3) is 0.333. The molecule has 0 saturated heterocycles. The lowest BCUT2D eigenvalue weighted by Gasteiger charge is -2.43. The Bertz CT molecular complexity index is 1140. The number of likely N-dealkylation sites (N-methyl/N-ethyl adjacent to an activating group) is 1. The maximum atomic E-state index is 12.8. The average Bonchev–Trinajstić information content (AvgIpc) is 2.72. The number of nitrogens with one attached hydrogen (secondary N) is 1. The number of benzene rings is 2. The molecular formula is C27H31N3O2. The van der Waals surface area contributed by atoms with Crippen LogP contribution >= 0.6 is 0 Å². The van der Waals surface area contributed by atoms with Gasteiger partial charge in [-0.1, -0.05) is 12.1 Å². The number of carbonyl (C=O) groups excluding carboxylic acids is 1. The highest BCUT2D eigenvalue weighted by Crippen LogP contribution is 2.40.